The lowest BCUT2D eigenvalue weighted by atomic mass is 10.1. The Labute approximate surface area is 120 Å². The van der Waals surface area contributed by atoms with E-state index in [0.717, 1.165) is 24.1 Å². The SMILES string of the molecule is C[N+]1(CCOP(=O)(O)OCCOCCO)CCCCC1. The molecule has 0 aliphatic carbocycles. The van der Waals surface area contributed by atoms with E-state index in [2.05, 4.69) is 7.05 Å². The number of likely N-dealkylation sites (tertiary alicyclic amines) is 1. The van der Waals surface area contributed by atoms with E-state index in [1.54, 1.807) is 0 Å². The van der Waals surface area contributed by atoms with Gasteiger partial charge in [0.1, 0.15) is 13.2 Å². The first-order chi connectivity index (χ1) is 9.47. The van der Waals surface area contributed by atoms with E-state index in [-0.39, 0.29) is 33.0 Å². The number of aliphatic hydroxyl groups is 1. The van der Waals surface area contributed by atoms with Gasteiger partial charge in [0.15, 0.2) is 0 Å². The molecule has 1 fully saturated rings. The van der Waals surface area contributed by atoms with Crippen LogP contribution >= 0.6 is 7.82 Å². The zero-order valence-electron chi connectivity index (χ0n) is 12.2. The summed E-state index contributed by atoms with van der Waals surface area (Å²) in [5.41, 5.74) is 0. The highest BCUT2D eigenvalue weighted by molar-refractivity contribution is 7.47. The quantitative estimate of drug-likeness (QED) is 0.352. The molecule has 0 bridgehead atoms. The van der Waals surface area contributed by atoms with Crippen molar-refractivity contribution in [3.05, 3.63) is 0 Å². The molecule has 120 valence electrons. The third-order valence-electron chi connectivity index (χ3n) is 3.50. The van der Waals surface area contributed by atoms with Gasteiger partial charge in [0.25, 0.3) is 0 Å². The molecule has 1 aliphatic heterocycles. The fourth-order valence-corrected chi connectivity index (χ4v) is 2.98. The van der Waals surface area contributed by atoms with Crippen molar-refractivity contribution in [2.45, 2.75) is 19.3 Å². The fourth-order valence-electron chi connectivity index (χ4n) is 2.29. The molecule has 8 heteroatoms. The second kappa shape index (κ2) is 9.10. The normalized spacial score (nSPS) is 21.6. The topological polar surface area (TPSA) is 85.2 Å². The molecule has 1 rings (SSSR count). The minimum absolute atomic E-state index is 0.0279. The number of quaternary nitrogens is 1. The van der Waals surface area contributed by atoms with Crippen LogP contribution in [0.5, 0.6) is 0 Å². The van der Waals surface area contributed by atoms with Crippen LogP contribution in [-0.4, -0.2) is 74.2 Å². The lowest BCUT2D eigenvalue weighted by Crippen LogP contribution is -2.49. The highest BCUT2D eigenvalue weighted by Crippen LogP contribution is 2.42. The zero-order valence-corrected chi connectivity index (χ0v) is 13.1. The summed E-state index contributed by atoms with van der Waals surface area (Å²) < 4.78 is 27.2. The predicted octanol–water partition coefficient (Wildman–Crippen LogP) is 0.759. The Morgan fingerprint density at radius 1 is 1.05 bits per heavy atom. The van der Waals surface area contributed by atoms with Crippen molar-refractivity contribution in [3.8, 4) is 0 Å². The number of hydrogen-bond acceptors (Lipinski definition) is 5. The van der Waals surface area contributed by atoms with E-state index in [0.29, 0.717) is 0 Å². The van der Waals surface area contributed by atoms with Crippen LogP contribution in [0, 0.1) is 0 Å². The van der Waals surface area contributed by atoms with Crippen molar-refractivity contribution < 1.29 is 32.8 Å². The largest absolute Gasteiger partial charge is 0.472 e. The molecule has 1 atom stereocenters. The van der Waals surface area contributed by atoms with Gasteiger partial charge in [-0.3, -0.25) is 9.05 Å². The average molecular weight is 312 g/mol. The van der Waals surface area contributed by atoms with Crippen molar-refractivity contribution in [1.82, 2.24) is 0 Å². The van der Waals surface area contributed by atoms with Crippen LogP contribution in [0.3, 0.4) is 0 Å². The molecule has 0 spiro atoms. The molecule has 1 heterocycles. The highest BCUT2D eigenvalue weighted by atomic mass is 31.2. The number of phosphoric acid groups is 1. The van der Waals surface area contributed by atoms with Crippen LogP contribution in [-0.2, 0) is 18.3 Å². The van der Waals surface area contributed by atoms with E-state index < -0.39 is 7.82 Å². The van der Waals surface area contributed by atoms with Crippen molar-refractivity contribution in [2.24, 2.45) is 0 Å². The molecule has 1 aliphatic rings. The summed E-state index contributed by atoms with van der Waals surface area (Å²) in [6.45, 7) is 3.35. The number of phosphoric ester groups is 1. The minimum atomic E-state index is -3.99. The molecule has 0 radical (unpaired) electrons. The number of likely N-dealkylation sites (N-methyl/N-ethyl adjacent to an activating group) is 1. The van der Waals surface area contributed by atoms with E-state index in [1.165, 1.54) is 19.3 Å². The average Bonchev–Trinajstić information content (AvgIpc) is 2.38. The second-order valence-electron chi connectivity index (χ2n) is 5.32. The van der Waals surface area contributed by atoms with Gasteiger partial charge < -0.3 is 19.2 Å². The third kappa shape index (κ3) is 7.69. The Hall–Kier alpha value is -0.0100. The summed E-state index contributed by atoms with van der Waals surface area (Å²) >= 11 is 0. The lowest BCUT2D eigenvalue weighted by molar-refractivity contribution is -0.914. The molecule has 2 N–H and O–H groups in total. The summed E-state index contributed by atoms with van der Waals surface area (Å²) in [5.74, 6) is 0. The maximum absolute atomic E-state index is 11.6. The highest BCUT2D eigenvalue weighted by Gasteiger charge is 2.27. The van der Waals surface area contributed by atoms with Crippen LogP contribution in [0.1, 0.15) is 19.3 Å². The van der Waals surface area contributed by atoms with Gasteiger partial charge in [-0.05, 0) is 19.3 Å². The number of rotatable bonds is 10. The summed E-state index contributed by atoms with van der Waals surface area (Å²) in [6, 6.07) is 0. The van der Waals surface area contributed by atoms with E-state index in [9.17, 15) is 9.46 Å². The first kappa shape index (κ1) is 18.0. The molecule has 0 aromatic carbocycles. The van der Waals surface area contributed by atoms with Crippen LogP contribution in [0.2, 0.25) is 0 Å². The molecule has 0 aromatic heterocycles. The van der Waals surface area contributed by atoms with Gasteiger partial charge in [0.2, 0.25) is 0 Å². The maximum atomic E-state index is 11.6. The van der Waals surface area contributed by atoms with Crippen molar-refractivity contribution in [2.75, 3.05) is 59.7 Å². The fraction of sp³-hybridized carbons (Fsp3) is 1.00. The van der Waals surface area contributed by atoms with Crippen molar-refractivity contribution >= 4 is 7.82 Å². The number of ether oxygens (including phenoxy) is 1. The standard InChI is InChI=1S/C12H26NO6P/c1-13(5-3-2-4-6-13)7-9-18-20(15,16)19-12-11-17-10-8-14/h14H,2-12H2,1H3/p+1. The maximum Gasteiger partial charge on any atom is 0.472 e. The molecule has 1 unspecified atom stereocenters. The van der Waals surface area contributed by atoms with Gasteiger partial charge in [-0.25, -0.2) is 4.57 Å². The Morgan fingerprint density at radius 2 is 1.70 bits per heavy atom. The second-order valence-corrected chi connectivity index (χ2v) is 6.78. The van der Waals surface area contributed by atoms with Gasteiger partial charge in [0.05, 0.1) is 46.6 Å². The van der Waals surface area contributed by atoms with Crippen molar-refractivity contribution in [3.63, 3.8) is 0 Å². The number of piperidine rings is 1. The number of hydrogen-bond donors (Lipinski definition) is 2. The molecule has 0 saturated carbocycles. The van der Waals surface area contributed by atoms with E-state index >= 15 is 0 Å². The van der Waals surface area contributed by atoms with Crippen molar-refractivity contribution in [1.29, 1.82) is 0 Å². The monoisotopic (exact) mass is 312 g/mol. The molecular weight excluding hydrogens is 285 g/mol. The predicted molar refractivity (Wildman–Crippen MR) is 74.3 cm³/mol. The molecule has 1 saturated heterocycles. The Balaban J connectivity index is 2.13. The third-order valence-corrected chi connectivity index (χ3v) is 4.52. The molecule has 20 heavy (non-hydrogen) atoms. The van der Waals surface area contributed by atoms with Crippen LogP contribution < -0.4 is 0 Å². The van der Waals surface area contributed by atoms with Crippen LogP contribution in [0.4, 0.5) is 0 Å². The summed E-state index contributed by atoms with van der Waals surface area (Å²) in [4.78, 5) is 9.48. The minimum Gasteiger partial charge on any atom is -0.394 e. The molecule has 0 amide bonds. The Morgan fingerprint density at radius 3 is 2.35 bits per heavy atom. The molecule has 7 nitrogen and oxygen atoms in total. The van der Waals surface area contributed by atoms with E-state index in [1.807, 2.05) is 0 Å². The Bertz CT molecular complexity index is 308. The summed E-state index contributed by atoms with van der Waals surface area (Å²) in [6.07, 6.45) is 3.67. The van der Waals surface area contributed by atoms with Crippen LogP contribution in [0.15, 0.2) is 0 Å². The van der Waals surface area contributed by atoms with Gasteiger partial charge >= 0.3 is 7.82 Å². The van der Waals surface area contributed by atoms with Gasteiger partial charge in [-0.1, -0.05) is 0 Å². The smallest absolute Gasteiger partial charge is 0.394 e. The van der Waals surface area contributed by atoms with Gasteiger partial charge in [0, 0.05) is 0 Å². The Kier molecular flexibility index (Phi) is 8.21. The summed E-state index contributed by atoms with van der Waals surface area (Å²) in [7, 11) is -1.84. The lowest BCUT2D eigenvalue weighted by Gasteiger charge is -2.37. The first-order valence-electron chi connectivity index (χ1n) is 7.11. The first-order valence-corrected chi connectivity index (χ1v) is 8.61. The molecular formula is C12H27NO6P+. The number of nitrogens with zero attached hydrogens (tertiary/aromatic N) is 1. The van der Waals surface area contributed by atoms with Gasteiger partial charge in [-0.2, -0.15) is 0 Å². The summed E-state index contributed by atoms with van der Waals surface area (Å²) in [5, 5.41) is 8.49. The zero-order chi connectivity index (χ0) is 14.9. The van der Waals surface area contributed by atoms with E-state index in [4.69, 9.17) is 18.9 Å². The number of aliphatic hydroxyl groups excluding tert-OH is 1. The molecule has 0 aromatic rings. The van der Waals surface area contributed by atoms with Crippen LogP contribution in [0.25, 0.3) is 0 Å². The van der Waals surface area contributed by atoms with Gasteiger partial charge in [-0.15, -0.1) is 0 Å².